The number of benzene rings is 1. The Morgan fingerprint density at radius 1 is 1.18 bits per heavy atom. The number of amides is 1. The summed E-state index contributed by atoms with van der Waals surface area (Å²) in [6.07, 6.45) is 0.457. The van der Waals surface area contributed by atoms with Gasteiger partial charge in [-0.2, -0.15) is 0 Å². The molecule has 5 nitrogen and oxygen atoms in total. The molecule has 1 aromatic carbocycles. The van der Waals surface area contributed by atoms with Crippen LogP contribution in [0.25, 0.3) is 0 Å². The van der Waals surface area contributed by atoms with Gasteiger partial charge in [0.1, 0.15) is 6.04 Å². The van der Waals surface area contributed by atoms with E-state index in [1.165, 1.54) is 10.5 Å². The molecule has 1 saturated heterocycles. The number of hydrogen-bond donors (Lipinski definition) is 0. The van der Waals surface area contributed by atoms with Gasteiger partial charge in [-0.1, -0.05) is 30.3 Å². The molecule has 0 aromatic heterocycles. The average molecular weight is 395 g/mol. The highest BCUT2D eigenvalue weighted by molar-refractivity contribution is 5.91. The molecule has 0 spiro atoms. The van der Waals surface area contributed by atoms with E-state index in [4.69, 9.17) is 4.74 Å². The number of ether oxygens (including phenoxy) is 2. The van der Waals surface area contributed by atoms with E-state index in [1.807, 2.05) is 18.2 Å². The molecule has 154 valence electrons. The van der Waals surface area contributed by atoms with Crippen LogP contribution in [0.3, 0.4) is 0 Å². The molecule has 0 radical (unpaired) electrons. The maximum absolute atomic E-state index is 12.3. The monoisotopic (exact) mass is 395 g/mol. The number of likely N-dealkylation sites (tertiary alicyclic amines) is 1. The lowest BCUT2D eigenvalue weighted by Crippen LogP contribution is -2.45. The lowest BCUT2D eigenvalue weighted by atomic mass is 9.83. The van der Waals surface area contributed by atoms with Crippen molar-refractivity contribution in [1.82, 2.24) is 4.90 Å². The standard InChI is InChI=1S/C21H27F2NO4/c1-14-11-19(25)18(24(14)21(26)28-13-20(22)23)12-27-17-9-7-16(8-10-17)15-5-3-2-4-6-15/h2-6,14,16-18,20H,7-13H2,1H3. The largest absolute Gasteiger partial charge is 0.443 e. The molecule has 1 aliphatic heterocycles. The quantitative estimate of drug-likeness (QED) is 0.726. The summed E-state index contributed by atoms with van der Waals surface area (Å²) in [4.78, 5) is 25.6. The Labute approximate surface area is 164 Å². The smallest absolute Gasteiger partial charge is 0.410 e. The predicted molar refractivity (Wildman–Crippen MR) is 99.5 cm³/mol. The van der Waals surface area contributed by atoms with Crippen LogP contribution in [0.2, 0.25) is 0 Å². The van der Waals surface area contributed by atoms with E-state index in [-0.39, 0.29) is 31.0 Å². The second kappa shape index (κ2) is 9.45. The van der Waals surface area contributed by atoms with Crippen molar-refractivity contribution in [1.29, 1.82) is 0 Å². The fraction of sp³-hybridized carbons (Fsp3) is 0.619. The number of alkyl halides is 2. The van der Waals surface area contributed by atoms with E-state index >= 15 is 0 Å². The molecular formula is C21H27F2NO4. The summed E-state index contributed by atoms with van der Waals surface area (Å²) in [5.41, 5.74) is 1.34. The van der Waals surface area contributed by atoms with Crippen molar-refractivity contribution < 1.29 is 27.8 Å². The van der Waals surface area contributed by atoms with Gasteiger partial charge in [0.25, 0.3) is 6.43 Å². The van der Waals surface area contributed by atoms with Crippen molar-refractivity contribution in [2.24, 2.45) is 0 Å². The zero-order valence-corrected chi connectivity index (χ0v) is 16.1. The first-order valence-electron chi connectivity index (χ1n) is 9.88. The third-order valence-electron chi connectivity index (χ3n) is 5.66. The molecule has 2 atom stereocenters. The summed E-state index contributed by atoms with van der Waals surface area (Å²) in [6, 6.07) is 9.27. The van der Waals surface area contributed by atoms with Gasteiger partial charge in [0, 0.05) is 12.5 Å². The molecule has 0 N–H and O–H groups in total. The predicted octanol–water partition coefficient (Wildman–Crippen LogP) is 4.16. The number of Topliss-reactive ketones (excluding diaryl/α,β-unsaturated/α-hetero) is 1. The van der Waals surface area contributed by atoms with E-state index in [2.05, 4.69) is 16.9 Å². The van der Waals surface area contributed by atoms with E-state index in [9.17, 15) is 18.4 Å². The van der Waals surface area contributed by atoms with Gasteiger partial charge in [-0.25, -0.2) is 13.6 Å². The van der Waals surface area contributed by atoms with Crippen molar-refractivity contribution in [3.8, 4) is 0 Å². The number of nitrogens with zero attached hydrogens (tertiary/aromatic N) is 1. The molecule has 2 unspecified atom stereocenters. The molecule has 28 heavy (non-hydrogen) atoms. The molecule has 1 aliphatic carbocycles. The van der Waals surface area contributed by atoms with Crippen molar-refractivity contribution in [3.63, 3.8) is 0 Å². The van der Waals surface area contributed by atoms with Gasteiger partial charge in [0.2, 0.25) is 0 Å². The maximum atomic E-state index is 12.3. The summed E-state index contributed by atoms with van der Waals surface area (Å²) < 4.78 is 35.2. The van der Waals surface area contributed by atoms with Crippen LogP contribution in [-0.2, 0) is 14.3 Å². The Kier molecular flexibility index (Phi) is 6.99. The van der Waals surface area contributed by atoms with Crippen LogP contribution >= 0.6 is 0 Å². The van der Waals surface area contributed by atoms with Crippen LogP contribution in [0, 0.1) is 0 Å². The average Bonchev–Trinajstić information content (AvgIpc) is 2.98. The summed E-state index contributed by atoms with van der Waals surface area (Å²) in [6.45, 7) is 0.841. The Morgan fingerprint density at radius 2 is 1.86 bits per heavy atom. The number of hydrogen-bond acceptors (Lipinski definition) is 4. The molecule has 1 aromatic rings. The van der Waals surface area contributed by atoms with Gasteiger partial charge >= 0.3 is 6.09 Å². The van der Waals surface area contributed by atoms with Gasteiger partial charge in [-0.15, -0.1) is 0 Å². The molecule has 1 amide bonds. The zero-order chi connectivity index (χ0) is 20.1. The van der Waals surface area contributed by atoms with Crippen LogP contribution in [0.1, 0.15) is 50.5 Å². The molecule has 1 saturated carbocycles. The van der Waals surface area contributed by atoms with Gasteiger partial charge in [0.05, 0.1) is 12.7 Å². The molecule has 1 heterocycles. The van der Waals surface area contributed by atoms with Gasteiger partial charge in [-0.3, -0.25) is 9.69 Å². The minimum atomic E-state index is -2.73. The first-order chi connectivity index (χ1) is 13.5. The van der Waals surface area contributed by atoms with Crippen LogP contribution in [0.5, 0.6) is 0 Å². The van der Waals surface area contributed by atoms with E-state index in [0.29, 0.717) is 5.92 Å². The lowest BCUT2D eigenvalue weighted by Gasteiger charge is -2.31. The van der Waals surface area contributed by atoms with Crippen LogP contribution < -0.4 is 0 Å². The molecule has 7 heteroatoms. The summed E-state index contributed by atoms with van der Waals surface area (Å²) in [5.74, 6) is 0.412. The highest BCUT2D eigenvalue weighted by Gasteiger charge is 2.42. The normalized spacial score (nSPS) is 28.0. The summed E-state index contributed by atoms with van der Waals surface area (Å²) in [7, 11) is 0. The Hall–Kier alpha value is -2.02. The number of carbonyl (C=O) groups is 2. The summed E-state index contributed by atoms with van der Waals surface area (Å²) >= 11 is 0. The van der Waals surface area contributed by atoms with Crippen molar-refractivity contribution in [2.75, 3.05) is 13.2 Å². The second-order valence-electron chi connectivity index (χ2n) is 7.63. The lowest BCUT2D eigenvalue weighted by molar-refractivity contribution is -0.122. The van der Waals surface area contributed by atoms with E-state index in [0.717, 1.165) is 25.7 Å². The van der Waals surface area contributed by atoms with E-state index in [1.54, 1.807) is 6.92 Å². The number of halogens is 2. The Morgan fingerprint density at radius 3 is 2.50 bits per heavy atom. The van der Waals surface area contributed by atoms with Crippen molar-refractivity contribution in [2.45, 2.75) is 69.6 Å². The van der Waals surface area contributed by atoms with Gasteiger partial charge < -0.3 is 9.47 Å². The summed E-state index contributed by atoms with van der Waals surface area (Å²) in [5, 5.41) is 0. The third-order valence-corrected chi connectivity index (χ3v) is 5.66. The minimum absolute atomic E-state index is 0.0441. The first kappa shape index (κ1) is 20.7. The third kappa shape index (κ3) is 5.07. The second-order valence-corrected chi connectivity index (χ2v) is 7.63. The molecule has 0 bridgehead atoms. The highest BCUT2D eigenvalue weighted by Crippen LogP contribution is 2.34. The van der Waals surface area contributed by atoms with E-state index < -0.39 is 25.2 Å². The topological polar surface area (TPSA) is 55.8 Å². The fourth-order valence-electron chi connectivity index (χ4n) is 4.19. The minimum Gasteiger partial charge on any atom is -0.443 e. The van der Waals surface area contributed by atoms with Crippen molar-refractivity contribution in [3.05, 3.63) is 35.9 Å². The number of ketones is 1. The molecule has 2 aliphatic rings. The van der Waals surface area contributed by atoms with Crippen molar-refractivity contribution >= 4 is 11.9 Å². The zero-order valence-electron chi connectivity index (χ0n) is 16.1. The van der Waals surface area contributed by atoms with Crippen LogP contribution in [-0.4, -0.2) is 54.6 Å². The van der Waals surface area contributed by atoms with Gasteiger partial charge in [-0.05, 0) is 44.1 Å². The first-order valence-corrected chi connectivity index (χ1v) is 9.88. The van der Waals surface area contributed by atoms with Crippen LogP contribution in [0.4, 0.5) is 13.6 Å². The maximum Gasteiger partial charge on any atom is 0.410 e. The molecule has 3 rings (SSSR count). The SMILES string of the molecule is CC1CC(=O)C(COC2CCC(c3ccccc3)CC2)N1C(=O)OCC(F)F. The molecule has 2 fully saturated rings. The van der Waals surface area contributed by atoms with Gasteiger partial charge in [0.15, 0.2) is 12.4 Å². The highest BCUT2D eigenvalue weighted by atomic mass is 19.3. The molecular weight excluding hydrogens is 368 g/mol. The number of carbonyl (C=O) groups excluding carboxylic acids is 2. The Balaban J connectivity index is 1.50. The fourth-order valence-corrected chi connectivity index (χ4v) is 4.19. The number of rotatable bonds is 6. The Bertz CT molecular complexity index is 662. The van der Waals surface area contributed by atoms with Crippen LogP contribution in [0.15, 0.2) is 30.3 Å².